The highest BCUT2D eigenvalue weighted by molar-refractivity contribution is 7.15. The second-order valence-electron chi connectivity index (χ2n) is 4.49. The third-order valence-electron chi connectivity index (χ3n) is 3.12. The molecule has 0 spiro atoms. The third-order valence-corrected chi connectivity index (χ3v) is 3.94. The minimum Gasteiger partial charge on any atom is -0.375 e. The molecule has 0 radical (unpaired) electrons. The largest absolute Gasteiger partial charge is 0.375 e. The smallest absolute Gasteiger partial charge is 0.180 e. The summed E-state index contributed by atoms with van der Waals surface area (Å²) < 4.78 is 5.79. The Hall–Kier alpha value is -0.360. The van der Waals surface area contributed by atoms with Gasteiger partial charge in [0.05, 0.1) is 12.2 Å². The second-order valence-corrected chi connectivity index (χ2v) is 5.63. The lowest BCUT2D eigenvalue weighted by atomic mass is 10.1. The predicted octanol–water partition coefficient (Wildman–Crippen LogP) is 2.14. The Bertz CT molecular complexity index is 360. The van der Waals surface area contributed by atoms with E-state index >= 15 is 0 Å². The van der Waals surface area contributed by atoms with Crippen LogP contribution < -0.4 is 5.73 Å². The summed E-state index contributed by atoms with van der Waals surface area (Å²) in [5, 5.41) is 0.650. The van der Waals surface area contributed by atoms with Crippen molar-refractivity contribution in [3.8, 4) is 0 Å². The number of nitrogens with zero attached hydrogens (tertiary/aromatic N) is 2. The van der Waals surface area contributed by atoms with Gasteiger partial charge in [-0.3, -0.25) is 4.90 Å². The molecule has 1 aromatic rings. The average Bonchev–Trinajstić information content (AvgIpc) is 2.60. The zero-order valence-corrected chi connectivity index (χ0v) is 12.1. The van der Waals surface area contributed by atoms with Crippen molar-refractivity contribution in [2.45, 2.75) is 45.6 Å². The van der Waals surface area contributed by atoms with Gasteiger partial charge in [0.25, 0.3) is 0 Å². The first-order valence-corrected chi connectivity index (χ1v) is 6.47. The monoisotopic (exact) mass is 277 g/mol. The first-order chi connectivity index (χ1) is 7.56. The molecule has 3 unspecified atom stereocenters. The molecular formula is C11H20ClN3OS. The van der Waals surface area contributed by atoms with Crippen molar-refractivity contribution < 1.29 is 4.74 Å². The summed E-state index contributed by atoms with van der Waals surface area (Å²) >= 11 is 1.57. The van der Waals surface area contributed by atoms with Crippen LogP contribution in [0, 0.1) is 0 Å². The molecule has 3 atom stereocenters. The van der Waals surface area contributed by atoms with E-state index in [0.29, 0.717) is 17.3 Å². The van der Waals surface area contributed by atoms with Crippen LogP contribution in [0.3, 0.4) is 0 Å². The highest BCUT2D eigenvalue weighted by atomic mass is 35.5. The highest BCUT2D eigenvalue weighted by Crippen LogP contribution is 2.23. The van der Waals surface area contributed by atoms with Crippen molar-refractivity contribution >= 4 is 28.9 Å². The molecule has 1 aromatic heterocycles. The fraction of sp³-hybridized carbons (Fsp3) is 0.727. The van der Waals surface area contributed by atoms with Crippen LogP contribution in [0.25, 0.3) is 0 Å². The molecule has 0 bridgehead atoms. The van der Waals surface area contributed by atoms with Crippen LogP contribution in [0.15, 0.2) is 6.20 Å². The molecule has 0 aromatic carbocycles. The van der Waals surface area contributed by atoms with Gasteiger partial charge in [0.1, 0.15) is 0 Å². The molecule has 2 rings (SSSR count). The topological polar surface area (TPSA) is 51.4 Å². The molecule has 17 heavy (non-hydrogen) atoms. The van der Waals surface area contributed by atoms with Crippen LogP contribution in [0.1, 0.15) is 25.6 Å². The summed E-state index contributed by atoms with van der Waals surface area (Å²) in [5.41, 5.74) is 5.64. The van der Waals surface area contributed by atoms with E-state index in [9.17, 15) is 0 Å². The number of halogens is 1. The minimum atomic E-state index is 0. The van der Waals surface area contributed by atoms with Gasteiger partial charge in [-0.2, -0.15) is 0 Å². The number of aromatic nitrogens is 1. The summed E-state index contributed by atoms with van der Waals surface area (Å²) in [6, 6.07) is 0.444. The number of rotatable bonds is 2. The normalized spacial score (nSPS) is 29.9. The van der Waals surface area contributed by atoms with E-state index in [2.05, 4.69) is 30.7 Å². The zero-order chi connectivity index (χ0) is 11.7. The Morgan fingerprint density at radius 3 is 2.82 bits per heavy atom. The van der Waals surface area contributed by atoms with Crippen LogP contribution in [-0.4, -0.2) is 34.7 Å². The average molecular weight is 278 g/mol. The second kappa shape index (κ2) is 6.00. The standard InChI is InChI=1S/C11H19N3OS.ClH/c1-7-5-14(8(2)9(3)15-7)6-10-4-13-11(12)16-10;/h4,7-9H,5-6H2,1-3H3,(H2,12,13);1H. The Balaban J connectivity index is 0.00000144. The molecule has 1 fully saturated rings. The van der Waals surface area contributed by atoms with E-state index < -0.39 is 0 Å². The molecule has 1 aliphatic rings. The van der Waals surface area contributed by atoms with Crippen LogP contribution in [0.2, 0.25) is 0 Å². The maximum Gasteiger partial charge on any atom is 0.180 e. The molecule has 98 valence electrons. The number of morpholine rings is 1. The van der Waals surface area contributed by atoms with E-state index in [4.69, 9.17) is 10.5 Å². The molecule has 1 saturated heterocycles. The van der Waals surface area contributed by atoms with Crippen molar-refractivity contribution in [2.24, 2.45) is 0 Å². The van der Waals surface area contributed by atoms with Gasteiger partial charge in [-0.15, -0.1) is 23.7 Å². The lowest BCUT2D eigenvalue weighted by Crippen LogP contribution is -2.51. The summed E-state index contributed by atoms with van der Waals surface area (Å²) in [5.74, 6) is 0. The summed E-state index contributed by atoms with van der Waals surface area (Å²) in [6.45, 7) is 8.36. The SMILES string of the molecule is CC1CN(Cc2cnc(N)s2)C(C)C(C)O1.Cl. The lowest BCUT2D eigenvalue weighted by Gasteiger charge is -2.40. The van der Waals surface area contributed by atoms with Gasteiger partial charge in [-0.25, -0.2) is 4.98 Å². The molecule has 4 nitrogen and oxygen atoms in total. The van der Waals surface area contributed by atoms with Gasteiger partial charge in [-0.1, -0.05) is 0 Å². The summed E-state index contributed by atoms with van der Waals surface area (Å²) in [7, 11) is 0. The van der Waals surface area contributed by atoms with Gasteiger partial charge >= 0.3 is 0 Å². The lowest BCUT2D eigenvalue weighted by molar-refractivity contribution is -0.102. The number of anilines is 1. The third kappa shape index (κ3) is 3.55. The Morgan fingerprint density at radius 1 is 1.53 bits per heavy atom. The molecular weight excluding hydrogens is 258 g/mol. The zero-order valence-electron chi connectivity index (χ0n) is 10.4. The number of nitrogen functional groups attached to an aromatic ring is 1. The van der Waals surface area contributed by atoms with Crippen molar-refractivity contribution in [2.75, 3.05) is 12.3 Å². The van der Waals surface area contributed by atoms with Crippen LogP contribution in [0.4, 0.5) is 5.13 Å². The maximum atomic E-state index is 5.79. The molecule has 0 saturated carbocycles. The Labute approximate surface area is 113 Å². The number of nitrogens with two attached hydrogens (primary N) is 1. The first-order valence-electron chi connectivity index (χ1n) is 5.66. The number of ether oxygens (including phenoxy) is 1. The van der Waals surface area contributed by atoms with Crippen molar-refractivity contribution in [1.82, 2.24) is 9.88 Å². The molecule has 2 N–H and O–H groups in total. The molecule has 0 amide bonds. The summed E-state index contributed by atoms with van der Waals surface area (Å²) in [6.07, 6.45) is 2.46. The molecule has 6 heteroatoms. The van der Waals surface area contributed by atoms with Gasteiger partial charge in [0.15, 0.2) is 5.13 Å². The highest BCUT2D eigenvalue weighted by Gasteiger charge is 2.29. The Kier molecular flexibility index (Phi) is 5.19. The van der Waals surface area contributed by atoms with E-state index in [0.717, 1.165) is 13.1 Å². The molecule has 1 aliphatic heterocycles. The van der Waals surface area contributed by atoms with Crippen LogP contribution in [-0.2, 0) is 11.3 Å². The maximum absolute atomic E-state index is 5.79. The van der Waals surface area contributed by atoms with Crippen molar-refractivity contribution in [1.29, 1.82) is 0 Å². The molecule has 2 heterocycles. The fourth-order valence-corrected chi connectivity index (χ4v) is 2.83. The number of hydrogen-bond donors (Lipinski definition) is 1. The molecule has 0 aliphatic carbocycles. The fourth-order valence-electron chi connectivity index (χ4n) is 2.12. The minimum absolute atomic E-state index is 0. The van der Waals surface area contributed by atoms with Crippen molar-refractivity contribution in [3.05, 3.63) is 11.1 Å². The van der Waals surface area contributed by atoms with E-state index in [-0.39, 0.29) is 18.5 Å². The Morgan fingerprint density at radius 2 is 2.24 bits per heavy atom. The van der Waals surface area contributed by atoms with Gasteiger partial charge in [-0.05, 0) is 20.8 Å². The van der Waals surface area contributed by atoms with Gasteiger partial charge in [0, 0.05) is 30.2 Å². The predicted molar refractivity (Wildman–Crippen MR) is 73.7 cm³/mol. The first kappa shape index (κ1) is 14.7. The quantitative estimate of drug-likeness (QED) is 0.900. The van der Waals surface area contributed by atoms with Crippen molar-refractivity contribution in [3.63, 3.8) is 0 Å². The number of hydrogen-bond acceptors (Lipinski definition) is 5. The number of thiazole rings is 1. The van der Waals surface area contributed by atoms with Gasteiger partial charge in [0.2, 0.25) is 0 Å². The van der Waals surface area contributed by atoms with Crippen LogP contribution in [0.5, 0.6) is 0 Å². The van der Waals surface area contributed by atoms with E-state index in [1.54, 1.807) is 11.3 Å². The van der Waals surface area contributed by atoms with Gasteiger partial charge < -0.3 is 10.5 Å². The summed E-state index contributed by atoms with van der Waals surface area (Å²) in [4.78, 5) is 7.75. The van der Waals surface area contributed by atoms with E-state index in [1.807, 2.05) is 6.20 Å². The van der Waals surface area contributed by atoms with Crippen LogP contribution >= 0.6 is 23.7 Å². The van der Waals surface area contributed by atoms with E-state index in [1.165, 1.54) is 4.88 Å².